The lowest BCUT2D eigenvalue weighted by Gasteiger charge is -2.29. The topological polar surface area (TPSA) is 126 Å². The number of aliphatic hydroxyl groups excluding tert-OH is 5. The second kappa shape index (κ2) is 7.39. The zero-order valence-electron chi connectivity index (χ0n) is 12.4. The number of nitrogens with zero attached hydrogens (tertiary/aromatic N) is 1. The Bertz CT molecular complexity index is 560. The average Bonchev–Trinajstić information content (AvgIpc) is 2.87. The minimum Gasteiger partial charge on any atom is -0.495 e. The van der Waals surface area contributed by atoms with Crippen LogP contribution in [0, 0.1) is 0 Å². The maximum Gasteiger partial charge on any atom is 0.176 e. The van der Waals surface area contributed by atoms with E-state index in [0.717, 1.165) is 0 Å². The summed E-state index contributed by atoms with van der Waals surface area (Å²) in [4.78, 5) is 1.35. The lowest BCUT2D eigenvalue weighted by Crippen LogP contribution is -2.53. The Morgan fingerprint density at radius 2 is 1.96 bits per heavy atom. The molecule has 128 valence electrons. The van der Waals surface area contributed by atoms with Crippen LogP contribution < -0.4 is 15.0 Å². The summed E-state index contributed by atoms with van der Waals surface area (Å²) in [6.45, 7) is -0.721. The maximum atomic E-state index is 10.5. The number of hydrogen-bond acceptors (Lipinski definition) is 7. The van der Waals surface area contributed by atoms with Gasteiger partial charge in [-0.25, -0.2) is 0 Å². The van der Waals surface area contributed by atoms with Crippen molar-refractivity contribution in [2.75, 3.05) is 18.6 Å². The molecule has 1 fully saturated rings. The van der Waals surface area contributed by atoms with Gasteiger partial charge >= 0.3 is 0 Å². The van der Waals surface area contributed by atoms with Crippen LogP contribution in [-0.4, -0.2) is 74.9 Å². The second-order valence-electron chi connectivity index (χ2n) is 5.16. The molecule has 1 heterocycles. The van der Waals surface area contributed by atoms with Crippen molar-refractivity contribution in [1.82, 2.24) is 5.32 Å². The van der Waals surface area contributed by atoms with Crippen molar-refractivity contribution in [1.29, 1.82) is 0 Å². The Balaban J connectivity index is 2.24. The van der Waals surface area contributed by atoms with Gasteiger partial charge in [0.1, 0.15) is 30.1 Å². The number of para-hydroxylation sites is 2. The van der Waals surface area contributed by atoms with Crippen molar-refractivity contribution < 1.29 is 30.3 Å². The molecule has 1 aliphatic heterocycles. The van der Waals surface area contributed by atoms with E-state index >= 15 is 0 Å². The number of nitrogens with one attached hydrogen (secondary N) is 1. The summed E-state index contributed by atoms with van der Waals surface area (Å²) < 4.78 is 5.23. The number of rotatable bonds is 6. The number of thiocarbonyl (C=S) groups is 1. The highest BCUT2D eigenvalue weighted by Crippen LogP contribution is 2.32. The number of hydrogen-bond donors (Lipinski definition) is 6. The number of benzene rings is 1. The minimum absolute atomic E-state index is 0.136. The molecule has 0 spiro atoms. The molecule has 0 saturated carbocycles. The van der Waals surface area contributed by atoms with Crippen LogP contribution in [-0.2, 0) is 0 Å². The normalized spacial score (nSPS) is 25.0. The van der Waals surface area contributed by atoms with Crippen LogP contribution >= 0.6 is 12.2 Å². The maximum absolute atomic E-state index is 10.5. The quantitative estimate of drug-likeness (QED) is 0.330. The molecule has 1 aliphatic rings. The van der Waals surface area contributed by atoms with Crippen molar-refractivity contribution in [3.63, 3.8) is 0 Å². The lowest BCUT2D eigenvalue weighted by atomic mass is 10.0. The van der Waals surface area contributed by atoms with Crippen LogP contribution in [0.15, 0.2) is 24.3 Å². The van der Waals surface area contributed by atoms with E-state index < -0.39 is 37.2 Å². The van der Waals surface area contributed by atoms with Gasteiger partial charge in [0.25, 0.3) is 0 Å². The molecule has 0 bridgehead atoms. The van der Waals surface area contributed by atoms with Gasteiger partial charge in [-0.1, -0.05) is 12.1 Å². The van der Waals surface area contributed by atoms with Crippen LogP contribution in [0.3, 0.4) is 0 Å². The summed E-state index contributed by atoms with van der Waals surface area (Å²) in [5.41, 5.74) is 0.492. The lowest BCUT2D eigenvalue weighted by molar-refractivity contribution is -0.0946. The Labute approximate surface area is 138 Å². The van der Waals surface area contributed by atoms with Gasteiger partial charge in [-0.2, -0.15) is 0 Å². The van der Waals surface area contributed by atoms with E-state index in [-0.39, 0.29) is 5.11 Å². The average molecular weight is 344 g/mol. The first-order valence-electron chi connectivity index (χ1n) is 6.98. The van der Waals surface area contributed by atoms with Crippen molar-refractivity contribution in [3.8, 4) is 5.75 Å². The molecule has 9 heteroatoms. The summed E-state index contributed by atoms with van der Waals surface area (Å²) in [7, 11) is 1.48. The molecule has 0 aromatic heterocycles. The highest BCUT2D eigenvalue weighted by atomic mass is 32.1. The largest absolute Gasteiger partial charge is 0.495 e. The van der Waals surface area contributed by atoms with Gasteiger partial charge in [0.15, 0.2) is 11.3 Å². The predicted molar refractivity (Wildman–Crippen MR) is 86.1 cm³/mol. The molecule has 23 heavy (non-hydrogen) atoms. The third kappa shape index (κ3) is 3.39. The Hall–Kier alpha value is -1.49. The summed E-state index contributed by atoms with van der Waals surface area (Å²) in [6, 6.07) is 5.82. The van der Waals surface area contributed by atoms with Gasteiger partial charge < -0.3 is 35.6 Å². The minimum atomic E-state index is -1.65. The zero-order valence-corrected chi connectivity index (χ0v) is 13.2. The number of ether oxygens (including phenoxy) is 1. The van der Waals surface area contributed by atoms with Crippen LogP contribution in [0.4, 0.5) is 5.69 Å². The van der Waals surface area contributed by atoms with Crippen molar-refractivity contribution in [2.24, 2.45) is 0 Å². The first kappa shape index (κ1) is 17.9. The highest BCUT2D eigenvalue weighted by Gasteiger charge is 2.44. The molecular formula is C14H20N2O6S. The van der Waals surface area contributed by atoms with Crippen LogP contribution in [0.2, 0.25) is 0 Å². The fraction of sp³-hybridized carbons (Fsp3) is 0.500. The summed E-state index contributed by atoms with van der Waals surface area (Å²) in [5, 5.41) is 51.6. The summed E-state index contributed by atoms with van der Waals surface area (Å²) >= 11 is 5.18. The van der Waals surface area contributed by atoms with Gasteiger partial charge in [-0.15, -0.1) is 0 Å². The predicted octanol–water partition coefficient (Wildman–Crippen LogP) is -1.85. The van der Waals surface area contributed by atoms with Gasteiger partial charge in [0, 0.05) is 0 Å². The smallest absolute Gasteiger partial charge is 0.176 e. The van der Waals surface area contributed by atoms with E-state index in [4.69, 9.17) is 22.1 Å². The van der Waals surface area contributed by atoms with E-state index in [0.29, 0.717) is 11.4 Å². The van der Waals surface area contributed by atoms with Gasteiger partial charge in [-0.05, 0) is 24.4 Å². The molecule has 0 radical (unpaired) electrons. The molecule has 2 rings (SSSR count). The van der Waals surface area contributed by atoms with Gasteiger partial charge in [-0.3, -0.25) is 4.90 Å². The zero-order chi connectivity index (χ0) is 17.1. The molecule has 0 unspecified atom stereocenters. The van der Waals surface area contributed by atoms with E-state index in [1.165, 1.54) is 12.0 Å². The van der Waals surface area contributed by atoms with Gasteiger partial charge in [0.2, 0.25) is 0 Å². The molecule has 5 atom stereocenters. The number of methoxy groups -OCH3 is 1. The van der Waals surface area contributed by atoms with Crippen molar-refractivity contribution in [2.45, 2.75) is 30.6 Å². The third-order valence-electron chi connectivity index (χ3n) is 3.74. The van der Waals surface area contributed by atoms with E-state index in [9.17, 15) is 20.4 Å². The summed E-state index contributed by atoms with van der Waals surface area (Å²) in [5.74, 6) is 0.474. The Morgan fingerprint density at radius 3 is 2.57 bits per heavy atom. The molecular weight excluding hydrogens is 324 g/mol. The first-order chi connectivity index (χ1) is 10.9. The fourth-order valence-corrected chi connectivity index (χ4v) is 2.80. The van der Waals surface area contributed by atoms with E-state index in [2.05, 4.69) is 5.32 Å². The Kier molecular flexibility index (Phi) is 5.74. The van der Waals surface area contributed by atoms with E-state index in [1.54, 1.807) is 24.3 Å². The molecule has 1 saturated heterocycles. The first-order valence-corrected chi connectivity index (χ1v) is 7.39. The SMILES string of the molecule is COc1ccccc1N1C(=S)N[C@H]([C@@H](O)[C@H](O)[C@H](O)CO)[C@@H]1O. The highest BCUT2D eigenvalue weighted by molar-refractivity contribution is 7.80. The van der Waals surface area contributed by atoms with Crippen molar-refractivity contribution in [3.05, 3.63) is 24.3 Å². The number of anilines is 1. The molecule has 6 N–H and O–H groups in total. The molecule has 0 aliphatic carbocycles. The monoisotopic (exact) mass is 344 g/mol. The fourth-order valence-electron chi connectivity index (χ4n) is 2.46. The van der Waals surface area contributed by atoms with E-state index in [1.807, 2.05) is 0 Å². The Morgan fingerprint density at radius 1 is 1.30 bits per heavy atom. The number of aliphatic hydroxyl groups is 5. The van der Waals surface area contributed by atoms with Crippen LogP contribution in [0.25, 0.3) is 0 Å². The summed E-state index contributed by atoms with van der Waals surface area (Å²) in [6.07, 6.45) is -6.03. The van der Waals surface area contributed by atoms with Crippen LogP contribution in [0.5, 0.6) is 5.75 Å². The molecule has 0 amide bonds. The standard InChI is InChI=1S/C14H20N2O6S/c1-22-9-5-3-2-4-7(9)16-13(21)10(15-14(16)23)12(20)11(19)8(18)6-17/h2-5,8,10-13,17-21H,6H2,1H3,(H,15,23)/t8-,10-,11-,12-,13+/m1/s1. The second-order valence-corrected chi connectivity index (χ2v) is 5.55. The third-order valence-corrected chi connectivity index (χ3v) is 4.05. The van der Waals surface area contributed by atoms with Gasteiger partial charge in [0.05, 0.1) is 19.4 Å². The van der Waals surface area contributed by atoms with Crippen LogP contribution in [0.1, 0.15) is 0 Å². The van der Waals surface area contributed by atoms with Crippen molar-refractivity contribution >= 4 is 23.0 Å². The molecule has 8 nitrogen and oxygen atoms in total. The molecule has 1 aromatic rings. The molecule has 1 aromatic carbocycles.